The number of nitrogens with one attached hydrogen (secondary N) is 1. The Balaban J connectivity index is 1.98. The summed E-state index contributed by atoms with van der Waals surface area (Å²) in [6.45, 7) is 6.87. The molecular weight excluding hydrogens is 279 g/mol. The minimum Gasteiger partial charge on any atom is -0.381 e. The van der Waals surface area contributed by atoms with E-state index in [-0.39, 0.29) is 0 Å². The number of anilines is 1. The van der Waals surface area contributed by atoms with Crippen molar-refractivity contribution >= 4 is 28.9 Å². The molecule has 1 aliphatic heterocycles. The lowest BCUT2D eigenvalue weighted by Gasteiger charge is -2.24. The average molecular weight is 301 g/mol. The minimum absolute atomic E-state index is 0.486. The molecule has 1 heterocycles. The summed E-state index contributed by atoms with van der Waals surface area (Å²) >= 11 is 12.2. The first-order valence-electron chi connectivity index (χ1n) is 7.02. The Bertz CT molecular complexity index is 421. The predicted octanol–water partition coefficient (Wildman–Crippen LogP) is 4.67. The summed E-state index contributed by atoms with van der Waals surface area (Å²) in [6.07, 6.45) is 3.57. The molecule has 1 atom stereocenters. The van der Waals surface area contributed by atoms with Gasteiger partial charge in [-0.1, -0.05) is 23.2 Å². The van der Waals surface area contributed by atoms with Gasteiger partial charge in [-0.3, -0.25) is 0 Å². The summed E-state index contributed by atoms with van der Waals surface area (Å²) < 4.78 is 0. The van der Waals surface area contributed by atoms with Crippen molar-refractivity contribution in [1.29, 1.82) is 0 Å². The molecule has 1 saturated heterocycles. The summed E-state index contributed by atoms with van der Waals surface area (Å²) in [5.74, 6) is 0. The number of likely N-dealkylation sites (tertiary alicyclic amines) is 1. The number of hydrogen-bond donors (Lipinski definition) is 1. The number of hydrogen-bond acceptors (Lipinski definition) is 2. The molecule has 0 aliphatic carbocycles. The highest BCUT2D eigenvalue weighted by atomic mass is 35.5. The maximum Gasteiger partial charge on any atom is 0.0638 e. The van der Waals surface area contributed by atoms with Gasteiger partial charge in [0.2, 0.25) is 0 Å². The second-order valence-electron chi connectivity index (χ2n) is 5.53. The third-order valence-corrected chi connectivity index (χ3v) is 4.35. The van der Waals surface area contributed by atoms with Crippen LogP contribution in [-0.2, 0) is 0 Å². The predicted molar refractivity (Wildman–Crippen MR) is 84.4 cm³/mol. The molecule has 1 N–H and O–H groups in total. The molecule has 0 aromatic heterocycles. The van der Waals surface area contributed by atoms with Crippen LogP contribution in [0.15, 0.2) is 18.2 Å². The normalized spacial score (nSPS) is 21.4. The zero-order valence-electron chi connectivity index (χ0n) is 11.6. The van der Waals surface area contributed by atoms with Crippen LogP contribution in [0.3, 0.4) is 0 Å². The molecule has 106 valence electrons. The topological polar surface area (TPSA) is 15.3 Å². The SMILES string of the molecule is CC(C)N1CCCC(Nc2cc(Cl)ccc2Cl)CC1. The molecule has 1 aliphatic rings. The third kappa shape index (κ3) is 4.27. The van der Waals surface area contributed by atoms with Crippen molar-refractivity contribution in [2.24, 2.45) is 0 Å². The van der Waals surface area contributed by atoms with E-state index in [1.54, 1.807) is 0 Å². The Kier molecular flexibility index (Phi) is 5.37. The van der Waals surface area contributed by atoms with Crippen LogP contribution in [0.1, 0.15) is 33.1 Å². The lowest BCUT2D eigenvalue weighted by Crippen LogP contribution is -2.32. The standard InChI is InChI=1S/C15H22Cl2N2/c1-11(2)19-8-3-4-13(7-9-19)18-15-10-12(16)5-6-14(15)17/h5-6,10-11,13,18H,3-4,7-9H2,1-2H3. The lowest BCUT2D eigenvalue weighted by atomic mass is 10.1. The second-order valence-corrected chi connectivity index (χ2v) is 6.37. The van der Waals surface area contributed by atoms with Gasteiger partial charge in [0.25, 0.3) is 0 Å². The molecule has 1 aromatic carbocycles. The molecule has 0 bridgehead atoms. The largest absolute Gasteiger partial charge is 0.381 e. The number of nitrogens with zero attached hydrogens (tertiary/aromatic N) is 1. The van der Waals surface area contributed by atoms with Gasteiger partial charge in [0, 0.05) is 23.7 Å². The van der Waals surface area contributed by atoms with E-state index in [0.717, 1.165) is 28.7 Å². The summed E-state index contributed by atoms with van der Waals surface area (Å²) in [7, 11) is 0. The van der Waals surface area contributed by atoms with E-state index in [0.29, 0.717) is 12.1 Å². The van der Waals surface area contributed by atoms with E-state index in [2.05, 4.69) is 24.1 Å². The van der Waals surface area contributed by atoms with E-state index >= 15 is 0 Å². The van der Waals surface area contributed by atoms with Gasteiger partial charge in [0.15, 0.2) is 0 Å². The molecule has 4 heteroatoms. The number of benzene rings is 1. The Morgan fingerprint density at radius 3 is 2.74 bits per heavy atom. The molecular formula is C15H22Cl2N2. The maximum absolute atomic E-state index is 6.20. The summed E-state index contributed by atoms with van der Waals surface area (Å²) in [5, 5.41) is 5.02. The fraction of sp³-hybridized carbons (Fsp3) is 0.600. The van der Waals surface area contributed by atoms with Crippen molar-refractivity contribution in [3.8, 4) is 0 Å². The molecule has 0 radical (unpaired) electrons. The van der Waals surface area contributed by atoms with Crippen molar-refractivity contribution in [2.45, 2.75) is 45.2 Å². The van der Waals surface area contributed by atoms with Gasteiger partial charge < -0.3 is 10.2 Å². The Hall–Kier alpha value is -0.440. The smallest absolute Gasteiger partial charge is 0.0638 e. The van der Waals surface area contributed by atoms with Gasteiger partial charge in [-0.05, 0) is 57.9 Å². The van der Waals surface area contributed by atoms with Crippen LogP contribution in [0.5, 0.6) is 0 Å². The van der Waals surface area contributed by atoms with Crippen LogP contribution in [0.25, 0.3) is 0 Å². The number of rotatable bonds is 3. The molecule has 1 aromatic rings. The van der Waals surface area contributed by atoms with Crippen LogP contribution in [-0.4, -0.2) is 30.1 Å². The highest BCUT2D eigenvalue weighted by Crippen LogP contribution is 2.27. The Labute approximate surface area is 126 Å². The molecule has 19 heavy (non-hydrogen) atoms. The van der Waals surface area contributed by atoms with Gasteiger partial charge in [-0.25, -0.2) is 0 Å². The fourth-order valence-corrected chi connectivity index (χ4v) is 2.95. The second kappa shape index (κ2) is 6.83. The minimum atomic E-state index is 0.486. The number of halogens is 2. The molecule has 0 spiro atoms. The molecule has 2 nitrogen and oxygen atoms in total. The van der Waals surface area contributed by atoms with Crippen molar-refractivity contribution in [1.82, 2.24) is 4.90 Å². The Morgan fingerprint density at radius 2 is 2.00 bits per heavy atom. The van der Waals surface area contributed by atoms with E-state index in [1.165, 1.54) is 19.4 Å². The van der Waals surface area contributed by atoms with Gasteiger partial charge in [-0.2, -0.15) is 0 Å². The average Bonchev–Trinajstić information content (AvgIpc) is 2.59. The highest BCUT2D eigenvalue weighted by molar-refractivity contribution is 6.35. The van der Waals surface area contributed by atoms with E-state index < -0.39 is 0 Å². The zero-order valence-corrected chi connectivity index (χ0v) is 13.1. The van der Waals surface area contributed by atoms with Crippen LogP contribution in [0.4, 0.5) is 5.69 Å². The highest BCUT2D eigenvalue weighted by Gasteiger charge is 2.19. The first kappa shape index (κ1) is 15.0. The summed E-state index contributed by atoms with van der Waals surface area (Å²) in [4.78, 5) is 2.54. The van der Waals surface area contributed by atoms with Gasteiger partial charge in [0.1, 0.15) is 0 Å². The van der Waals surface area contributed by atoms with Crippen molar-refractivity contribution in [3.05, 3.63) is 28.2 Å². The first-order chi connectivity index (χ1) is 9.06. The monoisotopic (exact) mass is 300 g/mol. The first-order valence-corrected chi connectivity index (χ1v) is 7.77. The molecule has 0 amide bonds. The van der Waals surface area contributed by atoms with Gasteiger partial charge in [-0.15, -0.1) is 0 Å². The quantitative estimate of drug-likeness (QED) is 0.873. The molecule has 1 unspecified atom stereocenters. The van der Waals surface area contributed by atoms with Crippen LogP contribution >= 0.6 is 23.2 Å². The zero-order chi connectivity index (χ0) is 13.8. The van der Waals surface area contributed by atoms with Gasteiger partial charge >= 0.3 is 0 Å². The third-order valence-electron chi connectivity index (χ3n) is 3.78. The van der Waals surface area contributed by atoms with Crippen molar-refractivity contribution < 1.29 is 0 Å². The van der Waals surface area contributed by atoms with Crippen molar-refractivity contribution in [2.75, 3.05) is 18.4 Å². The summed E-state index contributed by atoms with van der Waals surface area (Å²) in [5.41, 5.74) is 0.956. The molecule has 1 fully saturated rings. The Morgan fingerprint density at radius 1 is 1.21 bits per heavy atom. The lowest BCUT2D eigenvalue weighted by molar-refractivity contribution is 0.230. The van der Waals surface area contributed by atoms with E-state index in [9.17, 15) is 0 Å². The molecule has 0 saturated carbocycles. The van der Waals surface area contributed by atoms with Crippen LogP contribution in [0.2, 0.25) is 10.0 Å². The van der Waals surface area contributed by atoms with E-state index in [1.807, 2.05) is 18.2 Å². The maximum atomic E-state index is 6.20. The van der Waals surface area contributed by atoms with Gasteiger partial charge in [0.05, 0.1) is 10.7 Å². The van der Waals surface area contributed by atoms with E-state index in [4.69, 9.17) is 23.2 Å². The van der Waals surface area contributed by atoms with Crippen molar-refractivity contribution in [3.63, 3.8) is 0 Å². The molecule has 2 rings (SSSR count). The fourth-order valence-electron chi connectivity index (χ4n) is 2.61. The summed E-state index contributed by atoms with van der Waals surface area (Å²) in [6, 6.07) is 6.70. The van der Waals surface area contributed by atoms with Crippen LogP contribution in [0, 0.1) is 0 Å². The van der Waals surface area contributed by atoms with Crippen LogP contribution < -0.4 is 5.32 Å².